The Morgan fingerprint density at radius 1 is 1.09 bits per heavy atom. The highest BCUT2D eigenvalue weighted by Gasteiger charge is 2.39. The zero-order valence-electron chi connectivity index (χ0n) is 20.4. The van der Waals surface area contributed by atoms with E-state index in [1.54, 1.807) is 30.9 Å². The molecule has 1 fully saturated rings. The number of likely N-dealkylation sites (tertiary alicyclic amines) is 1. The monoisotopic (exact) mass is 490 g/mol. The number of nitrogens with zero attached hydrogens (tertiary/aromatic N) is 1. The Balaban J connectivity index is 1.76. The van der Waals surface area contributed by atoms with Crippen molar-refractivity contribution in [3.63, 3.8) is 0 Å². The van der Waals surface area contributed by atoms with Crippen molar-refractivity contribution < 1.29 is 32.6 Å². The lowest BCUT2D eigenvalue weighted by Crippen LogP contribution is -2.44. The van der Waals surface area contributed by atoms with Gasteiger partial charge in [0, 0.05) is 31.5 Å². The molecule has 3 rings (SSSR count). The Morgan fingerprint density at radius 2 is 1.83 bits per heavy atom. The molecular formula is C26H32F2N2O5. The number of nitrogens with one attached hydrogen (secondary N) is 1. The summed E-state index contributed by atoms with van der Waals surface area (Å²) in [5.41, 5.74) is 1.63. The van der Waals surface area contributed by atoms with Crippen LogP contribution in [0.15, 0.2) is 42.5 Å². The third kappa shape index (κ3) is 6.83. The first-order chi connectivity index (χ1) is 16.7. The van der Waals surface area contributed by atoms with Crippen molar-refractivity contribution in [2.45, 2.75) is 65.3 Å². The van der Waals surface area contributed by atoms with Crippen molar-refractivity contribution in [3.05, 3.63) is 53.6 Å². The Labute approximate surface area is 204 Å². The second-order valence-electron chi connectivity index (χ2n) is 8.63. The third-order valence-corrected chi connectivity index (χ3v) is 5.75. The summed E-state index contributed by atoms with van der Waals surface area (Å²) >= 11 is 0. The first-order valence-electron chi connectivity index (χ1n) is 11.7. The van der Waals surface area contributed by atoms with Gasteiger partial charge in [-0.1, -0.05) is 24.3 Å². The number of benzene rings is 2. The number of alkyl halides is 2. The molecule has 35 heavy (non-hydrogen) atoms. The third-order valence-electron chi connectivity index (χ3n) is 5.75. The summed E-state index contributed by atoms with van der Waals surface area (Å²) in [7, 11) is 0. The van der Waals surface area contributed by atoms with Gasteiger partial charge in [-0.3, -0.25) is 9.59 Å². The van der Waals surface area contributed by atoms with Crippen molar-refractivity contribution in [1.29, 1.82) is 0 Å². The van der Waals surface area contributed by atoms with Crippen molar-refractivity contribution in [3.8, 4) is 17.2 Å². The molecule has 0 saturated carbocycles. The van der Waals surface area contributed by atoms with E-state index in [1.165, 1.54) is 13.0 Å². The van der Waals surface area contributed by atoms with Crippen LogP contribution in [0.25, 0.3) is 0 Å². The molecule has 2 amide bonds. The molecule has 9 heteroatoms. The number of carbonyl (C=O) groups is 2. The second kappa shape index (κ2) is 11.9. The van der Waals surface area contributed by atoms with Gasteiger partial charge in [-0.25, -0.2) is 0 Å². The number of hydrogen-bond donors (Lipinski definition) is 1. The lowest BCUT2D eigenvalue weighted by Gasteiger charge is -2.22. The summed E-state index contributed by atoms with van der Waals surface area (Å²) in [5.74, 6) is 0.213. The molecule has 1 aliphatic rings. The molecule has 0 aromatic heterocycles. The summed E-state index contributed by atoms with van der Waals surface area (Å²) in [4.78, 5) is 27.0. The summed E-state index contributed by atoms with van der Waals surface area (Å²) in [5, 5.41) is 2.92. The van der Waals surface area contributed by atoms with Crippen LogP contribution in [0.5, 0.6) is 17.2 Å². The van der Waals surface area contributed by atoms with Crippen molar-refractivity contribution >= 4 is 11.8 Å². The van der Waals surface area contributed by atoms with E-state index >= 15 is 0 Å². The van der Waals surface area contributed by atoms with E-state index in [2.05, 4.69) is 10.1 Å². The van der Waals surface area contributed by atoms with Crippen molar-refractivity contribution in [2.24, 2.45) is 0 Å². The maximum atomic E-state index is 13.1. The van der Waals surface area contributed by atoms with E-state index in [4.69, 9.17) is 9.47 Å². The largest absolute Gasteiger partial charge is 0.494 e. The molecule has 0 spiro atoms. The standard InChI is InChI=1S/C26H32F2N2O5/c1-5-33-22-9-7-6-8-19(22)14-29-25(32)21-12-20(15-30(21)17(4)31)18-10-11-23(35-26(27)28)24(13-18)34-16(2)3/h6-11,13,16,20-21,26H,5,12,14-15H2,1-4H3,(H,29,32). The Hall–Kier alpha value is -3.36. The molecule has 0 aliphatic carbocycles. The second-order valence-corrected chi connectivity index (χ2v) is 8.63. The highest BCUT2D eigenvalue weighted by atomic mass is 19.3. The van der Waals surface area contributed by atoms with Crippen LogP contribution in [-0.2, 0) is 16.1 Å². The maximum Gasteiger partial charge on any atom is 0.387 e. The molecule has 7 nitrogen and oxygen atoms in total. The minimum Gasteiger partial charge on any atom is -0.494 e. The zero-order valence-corrected chi connectivity index (χ0v) is 20.4. The van der Waals surface area contributed by atoms with Gasteiger partial charge < -0.3 is 24.4 Å². The molecule has 1 heterocycles. The van der Waals surface area contributed by atoms with Gasteiger partial charge in [0.1, 0.15) is 11.8 Å². The number of para-hydroxylation sites is 1. The number of rotatable bonds is 10. The maximum absolute atomic E-state index is 13.1. The van der Waals surface area contributed by atoms with Crippen LogP contribution in [0.2, 0.25) is 0 Å². The van der Waals surface area contributed by atoms with Crippen LogP contribution >= 0.6 is 0 Å². The topological polar surface area (TPSA) is 77.1 Å². The first kappa shape index (κ1) is 26.2. The van der Waals surface area contributed by atoms with E-state index in [0.29, 0.717) is 25.3 Å². The quantitative estimate of drug-likeness (QED) is 0.531. The number of halogens is 2. The fourth-order valence-corrected chi connectivity index (χ4v) is 4.24. The normalized spacial score (nSPS) is 17.5. The van der Waals surface area contributed by atoms with Crippen LogP contribution < -0.4 is 19.5 Å². The molecule has 1 saturated heterocycles. The van der Waals surface area contributed by atoms with Gasteiger partial charge >= 0.3 is 6.61 Å². The summed E-state index contributed by atoms with van der Waals surface area (Å²) in [6, 6.07) is 11.6. The van der Waals surface area contributed by atoms with Crippen LogP contribution in [0.4, 0.5) is 8.78 Å². The van der Waals surface area contributed by atoms with E-state index in [9.17, 15) is 18.4 Å². The van der Waals surface area contributed by atoms with E-state index in [1.807, 2.05) is 31.2 Å². The van der Waals surface area contributed by atoms with Crippen LogP contribution in [0, 0.1) is 0 Å². The number of ether oxygens (including phenoxy) is 3. The van der Waals surface area contributed by atoms with Gasteiger partial charge in [-0.05, 0) is 51.0 Å². The SMILES string of the molecule is CCOc1ccccc1CNC(=O)C1CC(c2ccc(OC(F)F)c(OC(C)C)c2)CN1C(C)=O. The van der Waals surface area contributed by atoms with Gasteiger partial charge in [0.2, 0.25) is 11.8 Å². The van der Waals surface area contributed by atoms with Gasteiger partial charge in [0.05, 0.1) is 12.7 Å². The van der Waals surface area contributed by atoms with E-state index in [-0.39, 0.29) is 41.9 Å². The van der Waals surface area contributed by atoms with E-state index < -0.39 is 12.7 Å². The zero-order chi connectivity index (χ0) is 25.5. The molecular weight excluding hydrogens is 458 g/mol. The fourth-order valence-electron chi connectivity index (χ4n) is 4.24. The molecule has 2 unspecified atom stereocenters. The summed E-state index contributed by atoms with van der Waals surface area (Å²) < 4.78 is 41.5. The molecule has 2 aromatic rings. The molecule has 2 aromatic carbocycles. The minimum absolute atomic E-state index is 0.0545. The predicted octanol–water partition coefficient (Wildman–Crippen LogP) is 4.49. The predicted molar refractivity (Wildman–Crippen MR) is 127 cm³/mol. The van der Waals surface area contributed by atoms with Crippen LogP contribution in [-0.4, -0.2) is 48.6 Å². The van der Waals surface area contributed by atoms with Gasteiger partial charge in [-0.15, -0.1) is 0 Å². The lowest BCUT2D eigenvalue weighted by molar-refractivity contribution is -0.136. The molecule has 0 bridgehead atoms. The molecule has 0 radical (unpaired) electrons. The summed E-state index contributed by atoms with van der Waals surface area (Å²) in [6.45, 7) is 5.04. The van der Waals surface area contributed by atoms with Gasteiger partial charge in [0.15, 0.2) is 11.5 Å². The number of amides is 2. The van der Waals surface area contributed by atoms with E-state index in [0.717, 1.165) is 11.1 Å². The molecule has 190 valence electrons. The van der Waals surface area contributed by atoms with Crippen LogP contribution in [0.1, 0.15) is 51.2 Å². The Kier molecular flexibility index (Phi) is 8.89. The minimum atomic E-state index is -2.98. The fraction of sp³-hybridized carbons (Fsp3) is 0.462. The van der Waals surface area contributed by atoms with Crippen molar-refractivity contribution in [1.82, 2.24) is 10.2 Å². The van der Waals surface area contributed by atoms with Gasteiger partial charge in [0.25, 0.3) is 0 Å². The molecule has 1 aliphatic heterocycles. The number of hydrogen-bond acceptors (Lipinski definition) is 5. The Morgan fingerprint density at radius 3 is 2.49 bits per heavy atom. The average molecular weight is 491 g/mol. The smallest absolute Gasteiger partial charge is 0.387 e. The highest BCUT2D eigenvalue weighted by Crippen LogP contribution is 2.38. The molecule has 1 N–H and O–H groups in total. The first-order valence-corrected chi connectivity index (χ1v) is 11.7. The number of carbonyl (C=O) groups excluding carboxylic acids is 2. The van der Waals surface area contributed by atoms with Crippen molar-refractivity contribution in [2.75, 3.05) is 13.2 Å². The van der Waals surface area contributed by atoms with Crippen LogP contribution in [0.3, 0.4) is 0 Å². The molecule has 2 atom stereocenters. The highest BCUT2D eigenvalue weighted by molar-refractivity contribution is 5.87. The summed E-state index contributed by atoms with van der Waals surface area (Å²) in [6.07, 6.45) is 0.148. The van der Waals surface area contributed by atoms with Gasteiger partial charge in [-0.2, -0.15) is 8.78 Å². The average Bonchev–Trinajstić information content (AvgIpc) is 3.25. The lowest BCUT2D eigenvalue weighted by atomic mass is 9.95. The Bertz CT molecular complexity index is 1030.